The minimum Gasteiger partial charge on any atom is -0.492 e. The number of aryl methyl sites for hydroxylation is 2. The van der Waals surface area contributed by atoms with Crippen LogP contribution in [0, 0.1) is 20.8 Å². The molecule has 0 unspecified atom stereocenters. The maximum atomic E-state index is 12.6. The van der Waals surface area contributed by atoms with Crippen LogP contribution >= 0.6 is 0 Å². The van der Waals surface area contributed by atoms with Crippen LogP contribution < -0.4 is 4.74 Å². The lowest BCUT2D eigenvalue weighted by molar-refractivity contribution is 0.0599. The lowest BCUT2D eigenvalue weighted by Gasteiger charge is -2.17. The third-order valence-corrected chi connectivity index (χ3v) is 4.10. The predicted molar refractivity (Wildman–Crippen MR) is 95.2 cm³/mol. The number of carbonyl (C=O) groups excluding carboxylic acids is 2. The average Bonchev–Trinajstić information content (AvgIpc) is 2.89. The van der Waals surface area contributed by atoms with E-state index in [9.17, 15) is 9.59 Å². The van der Waals surface area contributed by atoms with Gasteiger partial charge in [-0.05, 0) is 38.5 Å². The van der Waals surface area contributed by atoms with Gasteiger partial charge in [-0.1, -0.05) is 17.7 Å². The zero-order valence-electron chi connectivity index (χ0n) is 15.3. The van der Waals surface area contributed by atoms with Crippen molar-refractivity contribution < 1.29 is 19.1 Å². The lowest BCUT2D eigenvalue weighted by atomic mass is 10.1. The fourth-order valence-corrected chi connectivity index (χ4v) is 2.60. The standard InChI is InChI=1S/C19H24N2O4/c1-12-6-8-15(9-7-12)25-11-10-21(4)18(22)17-13(2)16(14(3)20-17)19(23)24-5/h6-9,20H,10-11H2,1-5H3. The first kappa shape index (κ1) is 18.6. The summed E-state index contributed by atoms with van der Waals surface area (Å²) in [6, 6.07) is 7.75. The monoisotopic (exact) mass is 344 g/mol. The van der Waals surface area contributed by atoms with Crippen molar-refractivity contribution in [3.8, 4) is 5.75 Å². The highest BCUT2D eigenvalue weighted by atomic mass is 16.5. The Morgan fingerprint density at radius 3 is 2.36 bits per heavy atom. The van der Waals surface area contributed by atoms with Gasteiger partial charge in [0.05, 0.1) is 19.2 Å². The molecular weight excluding hydrogens is 320 g/mol. The molecule has 25 heavy (non-hydrogen) atoms. The average molecular weight is 344 g/mol. The maximum Gasteiger partial charge on any atom is 0.339 e. The lowest BCUT2D eigenvalue weighted by Crippen LogP contribution is -2.31. The third-order valence-electron chi connectivity index (χ3n) is 4.10. The van der Waals surface area contributed by atoms with Crippen molar-refractivity contribution in [1.82, 2.24) is 9.88 Å². The topological polar surface area (TPSA) is 71.6 Å². The van der Waals surface area contributed by atoms with Crippen molar-refractivity contribution in [3.05, 3.63) is 52.3 Å². The van der Waals surface area contributed by atoms with E-state index in [1.54, 1.807) is 25.8 Å². The molecule has 0 aliphatic carbocycles. The zero-order chi connectivity index (χ0) is 18.6. The molecule has 6 heteroatoms. The van der Waals surface area contributed by atoms with Crippen molar-refractivity contribution in [3.63, 3.8) is 0 Å². The van der Waals surface area contributed by atoms with Crippen molar-refractivity contribution in [1.29, 1.82) is 0 Å². The van der Waals surface area contributed by atoms with Gasteiger partial charge >= 0.3 is 5.97 Å². The SMILES string of the molecule is COC(=O)c1c(C)[nH]c(C(=O)N(C)CCOc2ccc(C)cc2)c1C. The number of esters is 1. The van der Waals surface area contributed by atoms with Crippen LogP contribution in [0.15, 0.2) is 24.3 Å². The molecule has 0 aliphatic heterocycles. The number of aromatic nitrogens is 1. The number of methoxy groups -OCH3 is 1. The molecule has 1 amide bonds. The summed E-state index contributed by atoms with van der Waals surface area (Å²) in [6.07, 6.45) is 0. The van der Waals surface area contributed by atoms with Gasteiger partial charge < -0.3 is 19.4 Å². The minimum atomic E-state index is -0.448. The van der Waals surface area contributed by atoms with Crippen LogP contribution in [0.1, 0.15) is 37.7 Å². The molecule has 134 valence electrons. The number of carbonyl (C=O) groups is 2. The number of hydrogen-bond acceptors (Lipinski definition) is 4. The first-order chi connectivity index (χ1) is 11.8. The summed E-state index contributed by atoms with van der Waals surface area (Å²) < 4.78 is 10.4. The molecule has 0 atom stereocenters. The first-order valence-corrected chi connectivity index (χ1v) is 8.07. The second-order valence-electron chi connectivity index (χ2n) is 6.00. The van der Waals surface area contributed by atoms with Crippen LogP contribution in [0.25, 0.3) is 0 Å². The van der Waals surface area contributed by atoms with E-state index < -0.39 is 5.97 Å². The molecule has 0 aliphatic rings. The summed E-state index contributed by atoms with van der Waals surface area (Å²) in [5.74, 6) is 0.130. The number of hydrogen-bond donors (Lipinski definition) is 1. The summed E-state index contributed by atoms with van der Waals surface area (Å²) in [4.78, 5) is 29.0. The molecule has 1 aromatic carbocycles. The van der Waals surface area contributed by atoms with Crippen LogP contribution in [-0.4, -0.2) is 49.1 Å². The first-order valence-electron chi connectivity index (χ1n) is 8.07. The molecule has 0 fully saturated rings. The van der Waals surface area contributed by atoms with Crippen LogP contribution in [0.3, 0.4) is 0 Å². The number of nitrogens with zero attached hydrogens (tertiary/aromatic N) is 1. The van der Waals surface area contributed by atoms with Gasteiger partial charge in [0.2, 0.25) is 0 Å². The molecule has 6 nitrogen and oxygen atoms in total. The van der Waals surface area contributed by atoms with Gasteiger partial charge in [-0.2, -0.15) is 0 Å². The van der Waals surface area contributed by atoms with Gasteiger partial charge in [0.1, 0.15) is 18.1 Å². The Hall–Kier alpha value is -2.76. The van der Waals surface area contributed by atoms with Crippen LogP contribution in [0.2, 0.25) is 0 Å². The largest absolute Gasteiger partial charge is 0.492 e. The number of benzene rings is 1. The molecule has 0 radical (unpaired) electrons. The van der Waals surface area contributed by atoms with Crippen LogP contribution in [0.5, 0.6) is 5.75 Å². The van der Waals surface area contributed by atoms with E-state index in [2.05, 4.69) is 4.98 Å². The molecule has 0 bridgehead atoms. The number of ether oxygens (including phenoxy) is 2. The Kier molecular flexibility index (Phi) is 5.85. The summed E-state index contributed by atoms with van der Waals surface area (Å²) in [7, 11) is 3.03. The molecular formula is C19H24N2O4. The fourth-order valence-electron chi connectivity index (χ4n) is 2.60. The molecule has 0 saturated carbocycles. The summed E-state index contributed by atoms with van der Waals surface area (Å²) >= 11 is 0. The normalized spacial score (nSPS) is 10.4. The molecule has 0 saturated heterocycles. The van der Waals surface area contributed by atoms with Gasteiger partial charge in [0.25, 0.3) is 5.91 Å². The summed E-state index contributed by atoms with van der Waals surface area (Å²) in [5, 5.41) is 0. The molecule has 1 N–H and O–H groups in total. The molecule has 2 aromatic rings. The van der Waals surface area contributed by atoms with E-state index in [-0.39, 0.29) is 5.91 Å². The van der Waals surface area contributed by atoms with Crippen LogP contribution in [0.4, 0.5) is 0 Å². The van der Waals surface area contributed by atoms with Gasteiger partial charge in [-0.15, -0.1) is 0 Å². The zero-order valence-corrected chi connectivity index (χ0v) is 15.3. The second kappa shape index (κ2) is 7.88. The van der Waals surface area contributed by atoms with Crippen molar-refractivity contribution >= 4 is 11.9 Å². The Labute approximate surface area is 147 Å². The number of amides is 1. The molecule has 1 heterocycles. The molecule has 0 spiro atoms. The Morgan fingerprint density at radius 2 is 1.76 bits per heavy atom. The van der Waals surface area contributed by atoms with Gasteiger partial charge in [0, 0.05) is 12.7 Å². The van der Waals surface area contributed by atoms with E-state index in [1.165, 1.54) is 12.7 Å². The van der Waals surface area contributed by atoms with Crippen molar-refractivity contribution in [2.24, 2.45) is 0 Å². The van der Waals surface area contributed by atoms with Crippen LogP contribution in [-0.2, 0) is 4.74 Å². The number of rotatable bonds is 6. The number of H-pyrrole nitrogens is 1. The number of nitrogens with one attached hydrogen (secondary N) is 1. The van der Waals surface area contributed by atoms with E-state index in [0.29, 0.717) is 35.7 Å². The van der Waals surface area contributed by atoms with E-state index in [4.69, 9.17) is 9.47 Å². The minimum absolute atomic E-state index is 0.191. The van der Waals surface area contributed by atoms with Gasteiger partial charge in [0.15, 0.2) is 0 Å². The maximum absolute atomic E-state index is 12.6. The summed E-state index contributed by atoms with van der Waals surface area (Å²) in [6.45, 7) is 6.31. The summed E-state index contributed by atoms with van der Waals surface area (Å²) in [5.41, 5.74) is 3.20. The van der Waals surface area contributed by atoms with Crippen molar-refractivity contribution in [2.75, 3.05) is 27.3 Å². The van der Waals surface area contributed by atoms with Gasteiger partial charge in [-0.3, -0.25) is 4.79 Å². The number of likely N-dealkylation sites (N-methyl/N-ethyl adjacent to an activating group) is 1. The van der Waals surface area contributed by atoms with Crippen molar-refractivity contribution in [2.45, 2.75) is 20.8 Å². The van der Waals surface area contributed by atoms with E-state index >= 15 is 0 Å². The van der Waals surface area contributed by atoms with E-state index in [1.807, 2.05) is 31.2 Å². The highest BCUT2D eigenvalue weighted by Crippen LogP contribution is 2.20. The Morgan fingerprint density at radius 1 is 1.12 bits per heavy atom. The van der Waals surface area contributed by atoms with Gasteiger partial charge in [-0.25, -0.2) is 4.79 Å². The second-order valence-corrected chi connectivity index (χ2v) is 6.00. The van der Waals surface area contributed by atoms with E-state index in [0.717, 1.165) is 5.75 Å². The third kappa shape index (κ3) is 4.21. The number of aromatic amines is 1. The molecule has 1 aromatic heterocycles. The highest BCUT2D eigenvalue weighted by molar-refractivity contribution is 6.00. The molecule has 2 rings (SSSR count). The quantitative estimate of drug-likeness (QED) is 0.818. The highest BCUT2D eigenvalue weighted by Gasteiger charge is 2.24. The smallest absolute Gasteiger partial charge is 0.339 e. The predicted octanol–water partition coefficient (Wildman–Crippen LogP) is 2.88. The Bertz CT molecular complexity index is 762. The fraction of sp³-hybridized carbons (Fsp3) is 0.368. The Balaban J connectivity index is 2.00.